The van der Waals surface area contributed by atoms with E-state index in [0.717, 1.165) is 17.9 Å². The van der Waals surface area contributed by atoms with Gasteiger partial charge in [0.1, 0.15) is 0 Å². The van der Waals surface area contributed by atoms with E-state index in [4.69, 9.17) is 4.74 Å². The molecule has 1 aliphatic rings. The Morgan fingerprint density at radius 2 is 2.04 bits per heavy atom. The van der Waals surface area contributed by atoms with Crippen molar-refractivity contribution in [3.63, 3.8) is 0 Å². The van der Waals surface area contributed by atoms with E-state index in [2.05, 4.69) is 34.6 Å². The number of benzene rings is 2. The summed E-state index contributed by atoms with van der Waals surface area (Å²) in [5.41, 5.74) is 2.23. The third-order valence-corrected chi connectivity index (χ3v) is 4.54. The molecule has 1 saturated carbocycles. The molecule has 132 valence electrons. The molecule has 25 heavy (non-hydrogen) atoms. The standard InChI is InChI=1S/C20H24FN3O/c1-22-20(23-18-12-16(18)15-7-5-4-6-8-15)24(2)13-14-9-10-19(25-3)17(21)11-14/h4-11,16,18H,12-13H2,1-3H3,(H,22,23). The number of nitrogens with zero attached hydrogens (tertiary/aromatic N) is 2. The highest BCUT2D eigenvalue weighted by Crippen LogP contribution is 2.40. The second-order valence-electron chi connectivity index (χ2n) is 6.38. The van der Waals surface area contributed by atoms with Crippen molar-refractivity contribution in [1.29, 1.82) is 0 Å². The Labute approximate surface area is 148 Å². The largest absolute Gasteiger partial charge is 0.494 e. The van der Waals surface area contributed by atoms with E-state index in [1.165, 1.54) is 18.7 Å². The number of halogens is 1. The molecule has 2 unspecified atom stereocenters. The molecule has 0 aromatic heterocycles. The first-order chi connectivity index (χ1) is 12.1. The van der Waals surface area contributed by atoms with Gasteiger partial charge in [0.15, 0.2) is 17.5 Å². The van der Waals surface area contributed by atoms with E-state index in [9.17, 15) is 4.39 Å². The molecule has 0 heterocycles. The Bertz CT molecular complexity index is 748. The van der Waals surface area contributed by atoms with Crippen LogP contribution >= 0.6 is 0 Å². The number of aliphatic imine (C=N–C) groups is 1. The lowest BCUT2D eigenvalue weighted by Gasteiger charge is -2.22. The molecule has 3 rings (SSSR count). The van der Waals surface area contributed by atoms with Gasteiger partial charge in [0.2, 0.25) is 0 Å². The minimum atomic E-state index is -0.345. The highest BCUT2D eigenvalue weighted by Gasteiger charge is 2.39. The van der Waals surface area contributed by atoms with Crippen molar-refractivity contribution in [1.82, 2.24) is 10.2 Å². The first-order valence-electron chi connectivity index (χ1n) is 8.44. The monoisotopic (exact) mass is 341 g/mol. The van der Waals surface area contributed by atoms with E-state index < -0.39 is 0 Å². The fourth-order valence-corrected chi connectivity index (χ4v) is 3.09. The fourth-order valence-electron chi connectivity index (χ4n) is 3.09. The van der Waals surface area contributed by atoms with Crippen molar-refractivity contribution in [3.8, 4) is 5.75 Å². The summed E-state index contributed by atoms with van der Waals surface area (Å²) in [5.74, 6) is 1.27. The predicted molar refractivity (Wildman–Crippen MR) is 98.5 cm³/mol. The van der Waals surface area contributed by atoms with E-state index in [1.54, 1.807) is 13.1 Å². The summed E-state index contributed by atoms with van der Waals surface area (Å²) >= 11 is 0. The van der Waals surface area contributed by atoms with Crippen LogP contribution < -0.4 is 10.1 Å². The Balaban J connectivity index is 1.59. The number of hydrogen-bond donors (Lipinski definition) is 1. The van der Waals surface area contributed by atoms with Gasteiger partial charge in [0.25, 0.3) is 0 Å². The van der Waals surface area contributed by atoms with Crippen molar-refractivity contribution in [2.24, 2.45) is 4.99 Å². The molecule has 1 aliphatic carbocycles. The molecular formula is C20H24FN3O. The SMILES string of the molecule is CN=C(NC1CC1c1ccccc1)N(C)Cc1ccc(OC)c(F)c1. The lowest BCUT2D eigenvalue weighted by atomic mass is 10.1. The van der Waals surface area contributed by atoms with Crippen LogP contribution in [0, 0.1) is 5.82 Å². The van der Waals surface area contributed by atoms with Crippen LogP contribution in [0.4, 0.5) is 4.39 Å². The van der Waals surface area contributed by atoms with E-state index in [0.29, 0.717) is 18.5 Å². The average Bonchev–Trinajstić information content (AvgIpc) is 3.40. The molecule has 0 saturated heterocycles. The number of guanidine groups is 1. The van der Waals surface area contributed by atoms with Crippen LogP contribution in [-0.2, 0) is 6.54 Å². The van der Waals surface area contributed by atoms with Gasteiger partial charge in [0.05, 0.1) is 7.11 Å². The van der Waals surface area contributed by atoms with Crippen molar-refractivity contribution in [3.05, 3.63) is 65.5 Å². The summed E-state index contributed by atoms with van der Waals surface area (Å²) in [5, 5.41) is 3.50. The molecule has 5 heteroatoms. The normalized spacial score (nSPS) is 19.4. The molecule has 0 spiro atoms. The predicted octanol–water partition coefficient (Wildman–Crippen LogP) is 3.40. The third kappa shape index (κ3) is 4.10. The van der Waals surface area contributed by atoms with Crippen molar-refractivity contribution in [2.45, 2.75) is 24.9 Å². The minimum absolute atomic E-state index is 0.262. The van der Waals surface area contributed by atoms with Gasteiger partial charge in [-0.15, -0.1) is 0 Å². The van der Waals surface area contributed by atoms with Gasteiger partial charge in [-0.25, -0.2) is 4.39 Å². The zero-order chi connectivity index (χ0) is 17.8. The maximum Gasteiger partial charge on any atom is 0.193 e. The lowest BCUT2D eigenvalue weighted by molar-refractivity contribution is 0.385. The van der Waals surface area contributed by atoms with Gasteiger partial charge in [-0.1, -0.05) is 36.4 Å². The van der Waals surface area contributed by atoms with Crippen LogP contribution in [0.3, 0.4) is 0 Å². The molecule has 1 N–H and O–H groups in total. The summed E-state index contributed by atoms with van der Waals surface area (Å²) in [6, 6.07) is 15.9. The topological polar surface area (TPSA) is 36.9 Å². The molecule has 2 atom stereocenters. The summed E-state index contributed by atoms with van der Waals surface area (Å²) in [7, 11) is 5.19. The van der Waals surface area contributed by atoms with Gasteiger partial charge in [-0.05, 0) is 29.7 Å². The second-order valence-corrected chi connectivity index (χ2v) is 6.38. The molecule has 2 aromatic carbocycles. The Hall–Kier alpha value is -2.56. The molecule has 2 aromatic rings. The molecule has 0 radical (unpaired) electrons. The molecule has 1 fully saturated rings. The number of ether oxygens (including phenoxy) is 1. The molecule has 0 amide bonds. The molecular weight excluding hydrogens is 317 g/mol. The highest BCUT2D eigenvalue weighted by molar-refractivity contribution is 5.80. The zero-order valence-corrected chi connectivity index (χ0v) is 14.9. The van der Waals surface area contributed by atoms with Crippen LogP contribution in [-0.4, -0.2) is 38.1 Å². The summed E-state index contributed by atoms with van der Waals surface area (Å²) in [4.78, 5) is 6.36. The van der Waals surface area contributed by atoms with Gasteiger partial charge in [-0.3, -0.25) is 4.99 Å². The smallest absolute Gasteiger partial charge is 0.193 e. The van der Waals surface area contributed by atoms with Crippen LogP contribution in [0.25, 0.3) is 0 Å². The number of methoxy groups -OCH3 is 1. The minimum Gasteiger partial charge on any atom is -0.494 e. The molecule has 0 aliphatic heterocycles. The molecule has 0 bridgehead atoms. The average molecular weight is 341 g/mol. The van der Waals surface area contributed by atoms with Gasteiger partial charge in [0, 0.05) is 32.6 Å². The fraction of sp³-hybridized carbons (Fsp3) is 0.350. The van der Waals surface area contributed by atoms with Gasteiger partial charge < -0.3 is 15.0 Å². The van der Waals surface area contributed by atoms with Crippen molar-refractivity contribution < 1.29 is 9.13 Å². The third-order valence-electron chi connectivity index (χ3n) is 4.54. The summed E-state index contributed by atoms with van der Waals surface area (Å²) in [6.45, 7) is 0.573. The number of rotatable bonds is 5. The Morgan fingerprint density at radius 1 is 1.28 bits per heavy atom. The Morgan fingerprint density at radius 3 is 2.68 bits per heavy atom. The van der Waals surface area contributed by atoms with Gasteiger partial charge >= 0.3 is 0 Å². The first-order valence-corrected chi connectivity index (χ1v) is 8.44. The summed E-state index contributed by atoms with van der Waals surface area (Å²) < 4.78 is 18.8. The van der Waals surface area contributed by atoms with Crippen LogP contribution in [0.5, 0.6) is 5.75 Å². The van der Waals surface area contributed by atoms with Crippen LogP contribution in [0.15, 0.2) is 53.5 Å². The quantitative estimate of drug-likeness (QED) is 0.669. The highest BCUT2D eigenvalue weighted by atomic mass is 19.1. The van der Waals surface area contributed by atoms with Crippen molar-refractivity contribution >= 4 is 5.96 Å². The second kappa shape index (κ2) is 7.55. The van der Waals surface area contributed by atoms with Crippen LogP contribution in [0.1, 0.15) is 23.5 Å². The number of nitrogens with one attached hydrogen (secondary N) is 1. The van der Waals surface area contributed by atoms with Crippen molar-refractivity contribution in [2.75, 3.05) is 21.2 Å². The first kappa shape index (κ1) is 17.3. The lowest BCUT2D eigenvalue weighted by Crippen LogP contribution is -2.40. The van der Waals surface area contributed by atoms with Gasteiger partial charge in [-0.2, -0.15) is 0 Å². The van der Waals surface area contributed by atoms with E-state index >= 15 is 0 Å². The summed E-state index contributed by atoms with van der Waals surface area (Å²) in [6.07, 6.45) is 1.11. The zero-order valence-electron chi connectivity index (χ0n) is 14.9. The number of hydrogen-bond acceptors (Lipinski definition) is 2. The Kier molecular flexibility index (Phi) is 5.22. The maximum atomic E-state index is 13.9. The van der Waals surface area contributed by atoms with E-state index in [-0.39, 0.29) is 11.6 Å². The van der Waals surface area contributed by atoms with E-state index in [1.807, 2.05) is 24.1 Å². The van der Waals surface area contributed by atoms with Crippen LogP contribution in [0.2, 0.25) is 0 Å². The maximum absolute atomic E-state index is 13.9. The molecule has 4 nitrogen and oxygen atoms in total.